The average molecular weight is 864 g/mol. The van der Waals surface area contributed by atoms with Crippen molar-refractivity contribution in [3.8, 4) is 22.6 Å². The van der Waals surface area contributed by atoms with Crippen LogP contribution < -0.4 is 4.40 Å². The van der Waals surface area contributed by atoms with Crippen LogP contribution in [0.2, 0.25) is 17.3 Å². The second kappa shape index (κ2) is 14.2. The minimum absolute atomic E-state index is 0. The fraction of sp³-hybridized carbons (Fsp3) is 0.256. The molecule has 0 aliphatic carbocycles. The summed E-state index contributed by atoms with van der Waals surface area (Å²) in [6.45, 7) is 8.81. The Bertz CT molecular complexity index is 2150. The van der Waals surface area contributed by atoms with Gasteiger partial charge in [0.25, 0.3) is 0 Å². The van der Waals surface area contributed by atoms with Crippen LogP contribution in [0.15, 0.2) is 89.6 Å². The maximum atomic E-state index is 13.6. The molecular formula is C39H39FGeIrN4O-2. The minimum atomic E-state index is -1.86. The topological polar surface area (TPSA) is 56.7 Å². The largest absolute Gasteiger partial charge is 0.499 e. The number of halogens is 1. The first-order chi connectivity index (χ1) is 22.0. The quantitative estimate of drug-likeness (QED) is 0.0950. The molecule has 3 aromatic carbocycles. The van der Waals surface area contributed by atoms with Gasteiger partial charge in [-0.05, 0) is 26.0 Å². The molecule has 5 nitrogen and oxygen atoms in total. The van der Waals surface area contributed by atoms with Crippen LogP contribution >= 0.6 is 0 Å². The monoisotopic (exact) mass is 865 g/mol. The Kier molecular flexibility index (Phi) is 10.5. The van der Waals surface area contributed by atoms with Crippen molar-refractivity contribution in [2.75, 3.05) is 0 Å². The molecule has 0 N–H and O–H groups in total. The molecule has 4 heterocycles. The fourth-order valence-corrected chi connectivity index (χ4v) is 9.35. The van der Waals surface area contributed by atoms with E-state index in [-0.39, 0.29) is 26.1 Å². The normalized spacial score (nSPS) is 11.7. The van der Waals surface area contributed by atoms with Crippen molar-refractivity contribution >= 4 is 50.6 Å². The number of aromatic nitrogens is 4. The summed E-state index contributed by atoms with van der Waals surface area (Å²) < 4.78 is 23.3. The zero-order valence-electron chi connectivity index (χ0n) is 27.9. The molecule has 0 amide bonds. The Morgan fingerprint density at radius 3 is 2.34 bits per heavy atom. The molecule has 1 radical (unpaired) electrons. The van der Waals surface area contributed by atoms with Crippen molar-refractivity contribution in [3.63, 3.8) is 0 Å². The van der Waals surface area contributed by atoms with Crippen molar-refractivity contribution in [1.29, 1.82) is 0 Å². The van der Waals surface area contributed by atoms with E-state index in [9.17, 15) is 4.39 Å². The number of fused-ring (bicyclic) bond motifs is 4. The van der Waals surface area contributed by atoms with Gasteiger partial charge in [-0.3, -0.25) is 4.98 Å². The number of hydrogen-bond acceptors (Lipinski definition) is 4. The van der Waals surface area contributed by atoms with Crippen LogP contribution in [0.1, 0.15) is 39.3 Å². The van der Waals surface area contributed by atoms with Gasteiger partial charge in [0.05, 0.1) is 28.6 Å². The van der Waals surface area contributed by atoms with Crippen molar-refractivity contribution in [1.82, 2.24) is 19.5 Å². The van der Waals surface area contributed by atoms with Crippen molar-refractivity contribution in [3.05, 3.63) is 109 Å². The minimum Gasteiger partial charge on any atom is -0.499 e. The van der Waals surface area contributed by atoms with Gasteiger partial charge >= 0.3 is 126 Å². The number of imidazole rings is 1. The van der Waals surface area contributed by atoms with Crippen LogP contribution in [0, 0.1) is 24.0 Å². The molecule has 0 aliphatic rings. The molecule has 8 heteroatoms. The summed E-state index contributed by atoms with van der Waals surface area (Å²) in [5.74, 6) is 8.26. The first-order valence-corrected chi connectivity index (χ1v) is 23.2. The van der Waals surface area contributed by atoms with Crippen molar-refractivity contribution in [2.45, 2.75) is 57.4 Å². The maximum absolute atomic E-state index is 13.6. The second-order valence-corrected chi connectivity index (χ2v) is 24.0. The van der Waals surface area contributed by atoms with E-state index < -0.39 is 19.2 Å². The van der Waals surface area contributed by atoms with Crippen molar-refractivity contribution < 1.29 is 28.9 Å². The van der Waals surface area contributed by atoms with Gasteiger partial charge in [-0.1, -0.05) is 23.1 Å². The predicted molar refractivity (Wildman–Crippen MR) is 189 cm³/mol. The molecule has 0 saturated heterocycles. The van der Waals surface area contributed by atoms with Gasteiger partial charge in [0.2, 0.25) is 5.95 Å². The first-order valence-electron chi connectivity index (χ1n) is 15.8. The van der Waals surface area contributed by atoms with Crippen molar-refractivity contribution in [2.24, 2.45) is 5.92 Å². The molecular weight excluding hydrogens is 824 g/mol. The number of benzene rings is 3. The van der Waals surface area contributed by atoms with Crippen LogP contribution in [0.25, 0.3) is 55.6 Å². The molecule has 0 fully saturated rings. The fourth-order valence-electron chi connectivity index (χ4n) is 6.01. The van der Waals surface area contributed by atoms with E-state index in [0.717, 1.165) is 45.5 Å². The molecule has 0 aliphatic heterocycles. The van der Waals surface area contributed by atoms with Crippen LogP contribution in [0.3, 0.4) is 0 Å². The smallest absolute Gasteiger partial charge is 0.213 e. The molecule has 47 heavy (non-hydrogen) atoms. The summed E-state index contributed by atoms with van der Waals surface area (Å²) in [5, 5.41) is 1.53. The summed E-state index contributed by atoms with van der Waals surface area (Å²) in [6, 6.07) is 30.3. The third kappa shape index (κ3) is 7.28. The summed E-state index contributed by atoms with van der Waals surface area (Å²) in [6.07, 6.45) is 4.69. The van der Waals surface area contributed by atoms with Crippen LogP contribution in [-0.4, -0.2) is 32.8 Å². The van der Waals surface area contributed by atoms with E-state index in [0.29, 0.717) is 22.5 Å². The summed E-state index contributed by atoms with van der Waals surface area (Å²) in [5.41, 5.74) is 7.58. The first kappa shape index (κ1) is 34.7. The average Bonchev–Trinajstić information content (AvgIpc) is 3.59. The zero-order valence-corrected chi connectivity index (χ0v) is 32.3. The third-order valence-corrected chi connectivity index (χ3v) is 12.4. The van der Waals surface area contributed by atoms with Crippen LogP contribution in [0.5, 0.6) is 0 Å². The van der Waals surface area contributed by atoms with Crippen LogP contribution in [-0.2, 0) is 26.5 Å². The number of nitrogens with zero attached hydrogens (tertiary/aromatic N) is 4. The number of para-hydroxylation sites is 2. The van der Waals surface area contributed by atoms with E-state index in [1.54, 1.807) is 4.40 Å². The standard InChI is InChI=1S/C21H15FN3O.C18H24GeN.Ir/c1-12(2)25-17-9-4-3-8-16(17)24-21(25)14-7-5-6-13-15-10-19(22)23-11-18(15)26-20(13)14;1-14(2)11-16-12-18(15-9-7-6-8-10-15)20-13-17(16)19(3,4)5;/h3-6,8-12H,1-2H3;6-9,12-14H,11H2,1-5H3;/q2*-1;. The number of furan rings is 1. The van der Waals surface area contributed by atoms with E-state index >= 15 is 0 Å². The molecule has 7 rings (SSSR count). The van der Waals surface area contributed by atoms with E-state index in [1.165, 1.54) is 17.8 Å². The van der Waals surface area contributed by atoms with Gasteiger partial charge < -0.3 is 8.98 Å². The van der Waals surface area contributed by atoms with Gasteiger partial charge in [-0.2, -0.15) is 4.39 Å². The Morgan fingerprint density at radius 1 is 0.872 bits per heavy atom. The van der Waals surface area contributed by atoms with Gasteiger partial charge in [-0.15, -0.1) is 18.2 Å². The predicted octanol–water partition coefficient (Wildman–Crippen LogP) is 9.81. The Labute approximate surface area is 292 Å². The van der Waals surface area contributed by atoms with Gasteiger partial charge in [0.1, 0.15) is 5.58 Å². The second-order valence-electron chi connectivity index (χ2n) is 13.4. The molecule has 0 atom stereocenters. The summed E-state index contributed by atoms with van der Waals surface area (Å²) in [7, 11) is 0. The van der Waals surface area contributed by atoms with Gasteiger partial charge in [-0.25, -0.2) is 4.98 Å². The molecule has 243 valence electrons. The third-order valence-electron chi connectivity index (χ3n) is 8.03. The molecule has 7 aromatic rings. The summed E-state index contributed by atoms with van der Waals surface area (Å²) in [4.78, 5) is 13.2. The number of pyridine rings is 2. The number of rotatable bonds is 6. The molecule has 0 spiro atoms. The molecule has 0 saturated carbocycles. The Balaban J connectivity index is 0.000000188. The zero-order chi connectivity index (χ0) is 32.6. The SMILES string of the molecule is CC(C)Cc1cc(-c2[c-]cccc2)nc[c]1[Ge]([CH3])([CH3])[CH3].CC(C)n1c(-c2[c-]ccc3c2oc2cnc(F)cc23)nc2ccccc21.[Ir]. The van der Waals surface area contributed by atoms with Gasteiger partial charge in [0, 0.05) is 37.6 Å². The summed E-state index contributed by atoms with van der Waals surface area (Å²) >= 11 is -1.86. The van der Waals surface area contributed by atoms with Crippen LogP contribution in [0.4, 0.5) is 4.39 Å². The molecule has 4 aromatic heterocycles. The van der Waals surface area contributed by atoms with Gasteiger partial charge in [0.15, 0.2) is 0 Å². The Morgan fingerprint density at radius 2 is 1.64 bits per heavy atom. The molecule has 0 bridgehead atoms. The number of hydrogen-bond donors (Lipinski definition) is 0. The van der Waals surface area contributed by atoms with E-state index in [2.05, 4.69) is 91.0 Å². The molecule has 0 unspecified atom stereocenters. The Hall–Kier alpha value is -3.65. The van der Waals surface area contributed by atoms with E-state index in [4.69, 9.17) is 14.4 Å². The van der Waals surface area contributed by atoms with E-state index in [1.807, 2.05) is 48.5 Å². The maximum Gasteiger partial charge on any atom is 0.213 e.